The zero-order chi connectivity index (χ0) is 8.77. The largest absolute Gasteiger partial charge is 0.319 e. The predicted molar refractivity (Wildman–Crippen MR) is 48.8 cm³/mol. The van der Waals surface area contributed by atoms with Gasteiger partial charge in [-0.25, -0.2) is 0 Å². The Hall–Kier alpha value is -0.900. The highest BCUT2D eigenvalue weighted by Gasteiger charge is 2.39. The minimum absolute atomic E-state index is 0.125. The fourth-order valence-corrected chi connectivity index (χ4v) is 1.65. The van der Waals surface area contributed by atoms with Crippen LogP contribution < -0.4 is 5.56 Å². The lowest BCUT2D eigenvalue weighted by atomic mass is 10.3. The minimum Gasteiger partial charge on any atom is -0.319 e. The van der Waals surface area contributed by atoms with Crippen molar-refractivity contribution in [3.8, 4) is 0 Å². The SMILES string of the molecule is CC1(n2ccc(=O)[nH]c2=S)CC1. The van der Waals surface area contributed by atoms with Crippen molar-refractivity contribution < 1.29 is 0 Å². The normalized spacial score (nSPS) is 19.1. The summed E-state index contributed by atoms with van der Waals surface area (Å²) < 4.78 is 2.49. The molecule has 0 unspecified atom stereocenters. The van der Waals surface area contributed by atoms with Crippen LogP contribution in [0.2, 0.25) is 0 Å². The van der Waals surface area contributed by atoms with Crippen molar-refractivity contribution in [3.63, 3.8) is 0 Å². The fourth-order valence-electron chi connectivity index (χ4n) is 1.26. The van der Waals surface area contributed by atoms with Gasteiger partial charge in [0.1, 0.15) is 0 Å². The quantitative estimate of drug-likeness (QED) is 0.667. The van der Waals surface area contributed by atoms with Gasteiger partial charge in [0.05, 0.1) is 0 Å². The molecule has 3 nitrogen and oxygen atoms in total. The lowest BCUT2D eigenvalue weighted by molar-refractivity contribution is 0.511. The van der Waals surface area contributed by atoms with E-state index >= 15 is 0 Å². The highest BCUT2D eigenvalue weighted by molar-refractivity contribution is 7.71. The van der Waals surface area contributed by atoms with Crippen molar-refractivity contribution in [1.29, 1.82) is 0 Å². The molecule has 1 aliphatic carbocycles. The van der Waals surface area contributed by atoms with Gasteiger partial charge in [-0.1, -0.05) is 0 Å². The van der Waals surface area contributed by atoms with Crippen LogP contribution in [-0.2, 0) is 5.54 Å². The fraction of sp³-hybridized carbons (Fsp3) is 0.500. The summed E-state index contributed by atoms with van der Waals surface area (Å²) in [4.78, 5) is 13.5. The van der Waals surface area contributed by atoms with Crippen LogP contribution in [0.15, 0.2) is 17.1 Å². The van der Waals surface area contributed by atoms with Crippen molar-refractivity contribution >= 4 is 12.2 Å². The van der Waals surface area contributed by atoms with E-state index < -0.39 is 0 Å². The molecular weight excluding hydrogens is 172 g/mol. The minimum atomic E-state index is -0.125. The monoisotopic (exact) mass is 182 g/mol. The summed E-state index contributed by atoms with van der Waals surface area (Å²) in [5, 5.41) is 0. The van der Waals surface area contributed by atoms with Crippen molar-refractivity contribution in [3.05, 3.63) is 27.4 Å². The van der Waals surface area contributed by atoms with Gasteiger partial charge >= 0.3 is 0 Å². The van der Waals surface area contributed by atoms with Crippen LogP contribution in [0.1, 0.15) is 19.8 Å². The van der Waals surface area contributed by atoms with Crippen LogP contribution in [0.3, 0.4) is 0 Å². The van der Waals surface area contributed by atoms with Gasteiger partial charge < -0.3 is 4.57 Å². The van der Waals surface area contributed by atoms with Crippen LogP contribution in [0.4, 0.5) is 0 Å². The van der Waals surface area contributed by atoms with E-state index in [0.717, 1.165) is 12.8 Å². The molecule has 1 aromatic rings. The molecule has 1 fully saturated rings. The maximum absolute atomic E-state index is 10.9. The number of H-pyrrole nitrogens is 1. The Labute approximate surface area is 75.1 Å². The Bertz CT molecular complexity index is 414. The van der Waals surface area contributed by atoms with Crippen LogP contribution in [0.5, 0.6) is 0 Å². The van der Waals surface area contributed by atoms with Gasteiger partial charge in [0.2, 0.25) is 0 Å². The Morgan fingerprint density at radius 1 is 1.67 bits per heavy atom. The summed E-state index contributed by atoms with van der Waals surface area (Å²) in [5.41, 5.74) is 0.0434. The highest BCUT2D eigenvalue weighted by atomic mass is 32.1. The lowest BCUT2D eigenvalue weighted by Gasteiger charge is -2.12. The van der Waals surface area contributed by atoms with Gasteiger partial charge in [0.25, 0.3) is 5.56 Å². The molecule has 0 saturated heterocycles. The Balaban J connectivity index is 2.60. The molecule has 0 bridgehead atoms. The summed E-state index contributed by atoms with van der Waals surface area (Å²) in [7, 11) is 0. The van der Waals surface area contributed by atoms with E-state index in [1.165, 1.54) is 6.07 Å². The predicted octanol–water partition coefficient (Wildman–Crippen LogP) is 1.41. The summed E-state index contributed by atoms with van der Waals surface area (Å²) in [6, 6.07) is 1.51. The smallest absolute Gasteiger partial charge is 0.251 e. The van der Waals surface area contributed by atoms with Gasteiger partial charge in [-0.15, -0.1) is 0 Å². The number of hydrogen-bond donors (Lipinski definition) is 1. The molecule has 0 spiro atoms. The molecule has 0 amide bonds. The summed E-state index contributed by atoms with van der Waals surface area (Å²) in [6.07, 6.45) is 4.06. The second-order valence-electron chi connectivity index (χ2n) is 3.48. The molecular formula is C8H10N2OS. The first-order valence-electron chi connectivity index (χ1n) is 3.94. The van der Waals surface area contributed by atoms with Gasteiger partial charge in [-0.05, 0) is 32.0 Å². The standard InChI is InChI=1S/C8H10N2OS/c1-8(3-4-8)10-5-2-6(11)9-7(10)12/h2,5H,3-4H2,1H3,(H,9,11,12). The number of hydrogen-bond acceptors (Lipinski definition) is 2. The van der Waals surface area contributed by atoms with Crippen LogP contribution >= 0.6 is 12.2 Å². The molecule has 2 rings (SSSR count). The van der Waals surface area contributed by atoms with Crippen molar-refractivity contribution in [2.45, 2.75) is 25.3 Å². The van der Waals surface area contributed by atoms with E-state index in [2.05, 4.69) is 11.9 Å². The summed E-state index contributed by atoms with van der Waals surface area (Å²) >= 11 is 5.04. The van der Waals surface area contributed by atoms with E-state index in [4.69, 9.17) is 12.2 Å². The van der Waals surface area contributed by atoms with E-state index in [1.807, 2.05) is 4.57 Å². The number of rotatable bonds is 1. The molecule has 4 heteroatoms. The Morgan fingerprint density at radius 2 is 2.33 bits per heavy atom. The van der Waals surface area contributed by atoms with Gasteiger partial charge in [-0.3, -0.25) is 9.78 Å². The number of nitrogens with one attached hydrogen (secondary N) is 1. The number of aromatic nitrogens is 2. The van der Waals surface area contributed by atoms with E-state index in [1.54, 1.807) is 6.20 Å². The maximum Gasteiger partial charge on any atom is 0.251 e. The second kappa shape index (κ2) is 2.29. The van der Waals surface area contributed by atoms with Crippen molar-refractivity contribution in [2.24, 2.45) is 0 Å². The molecule has 1 heterocycles. The van der Waals surface area contributed by atoms with Gasteiger partial charge in [0.15, 0.2) is 4.77 Å². The van der Waals surface area contributed by atoms with Gasteiger partial charge in [0, 0.05) is 17.8 Å². The molecule has 64 valence electrons. The molecule has 1 N–H and O–H groups in total. The van der Waals surface area contributed by atoms with Crippen LogP contribution in [0, 0.1) is 4.77 Å². The lowest BCUT2D eigenvalue weighted by Crippen LogP contribution is -2.18. The second-order valence-corrected chi connectivity index (χ2v) is 3.86. The molecule has 0 atom stereocenters. The average Bonchev–Trinajstić information content (AvgIpc) is 2.68. The van der Waals surface area contributed by atoms with Crippen molar-refractivity contribution in [2.75, 3.05) is 0 Å². The van der Waals surface area contributed by atoms with Gasteiger partial charge in [-0.2, -0.15) is 0 Å². The molecule has 0 aromatic carbocycles. The first-order valence-corrected chi connectivity index (χ1v) is 4.35. The number of nitrogens with zero attached hydrogens (tertiary/aromatic N) is 1. The van der Waals surface area contributed by atoms with E-state index in [9.17, 15) is 4.79 Å². The van der Waals surface area contributed by atoms with Crippen LogP contribution in [0.25, 0.3) is 0 Å². The molecule has 0 aliphatic heterocycles. The molecule has 0 radical (unpaired) electrons. The third-order valence-electron chi connectivity index (χ3n) is 2.38. The highest BCUT2D eigenvalue weighted by Crippen LogP contribution is 2.42. The Kier molecular flexibility index (Phi) is 1.48. The van der Waals surface area contributed by atoms with E-state index in [-0.39, 0.29) is 11.1 Å². The zero-order valence-electron chi connectivity index (χ0n) is 6.83. The topological polar surface area (TPSA) is 37.8 Å². The maximum atomic E-state index is 10.9. The first kappa shape index (κ1) is 7.73. The first-order chi connectivity index (χ1) is 5.62. The molecule has 1 aliphatic rings. The Morgan fingerprint density at radius 3 is 2.83 bits per heavy atom. The third-order valence-corrected chi connectivity index (χ3v) is 2.68. The average molecular weight is 182 g/mol. The molecule has 1 aromatic heterocycles. The summed E-state index contributed by atoms with van der Waals surface area (Å²) in [6.45, 7) is 2.14. The van der Waals surface area contributed by atoms with Crippen LogP contribution in [-0.4, -0.2) is 9.55 Å². The number of aromatic amines is 1. The third kappa shape index (κ3) is 1.12. The van der Waals surface area contributed by atoms with Crippen molar-refractivity contribution in [1.82, 2.24) is 9.55 Å². The summed E-state index contributed by atoms with van der Waals surface area (Å²) in [5.74, 6) is 0. The zero-order valence-corrected chi connectivity index (χ0v) is 7.65. The molecule has 1 saturated carbocycles. The van der Waals surface area contributed by atoms with E-state index in [0.29, 0.717) is 4.77 Å². The molecule has 12 heavy (non-hydrogen) atoms.